The highest BCUT2D eigenvalue weighted by Crippen LogP contribution is 2.31. The van der Waals surface area contributed by atoms with Crippen LogP contribution in [0.2, 0.25) is 5.02 Å². The van der Waals surface area contributed by atoms with E-state index in [0.29, 0.717) is 5.92 Å². The first-order valence-corrected chi connectivity index (χ1v) is 6.10. The zero-order valence-corrected chi connectivity index (χ0v) is 10.8. The van der Waals surface area contributed by atoms with Gasteiger partial charge in [0, 0.05) is 5.02 Å². The number of allylic oxidation sites excluding steroid dienone is 1. The first-order valence-electron chi connectivity index (χ1n) is 5.72. The van der Waals surface area contributed by atoms with Gasteiger partial charge in [-0.2, -0.15) is 0 Å². The van der Waals surface area contributed by atoms with Crippen LogP contribution in [0, 0.1) is 0 Å². The molecule has 1 atom stereocenters. The van der Waals surface area contributed by atoms with Gasteiger partial charge < -0.3 is 4.74 Å². The van der Waals surface area contributed by atoms with Crippen LogP contribution in [0.3, 0.4) is 0 Å². The van der Waals surface area contributed by atoms with Gasteiger partial charge in [0.15, 0.2) is 0 Å². The molecule has 1 aromatic carbocycles. The maximum absolute atomic E-state index is 6.01. The highest BCUT2D eigenvalue weighted by atomic mass is 35.5. The first kappa shape index (κ1) is 13.1. The summed E-state index contributed by atoms with van der Waals surface area (Å²) < 4.78 is 5.72. The summed E-state index contributed by atoms with van der Waals surface area (Å²) in [5.41, 5.74) is 1.17. The van der Waals surface area contributed by atoms with E-state index < -0.39 is 0 Å². The van der Waals surface area contributed by atoms with Gasteiger partial charge in [0.2, 0.25) is 0 Å². The standard InChI is InChI=1S/C14H19ClO/c1-4-6-11(3)13-10-12(15)7-8-14(13)16-9-5-2/h4,7-8,10-11H,1,5-6,9H2,2-3H3. The minimum atomic E-state index is 0.392. The smallest absolute Gasteiger partial charge is 0.122 e. The minimum Gasteiger partial charge on any atom is -0.493 e. The number of halogens is 1. The van der Waals surface area contributed by atoms with Gasteiger partial charge in [0.05, 0.1) is 6.61 Å². The number of hydrogen-bond donors (Lipinski definition) is 0. The lowest BCUT2D eigenvalue weighted by molar-refractivity contribution is 0.312. The van der Waals surface area contributed by atoms with Gasteiger partial charge >= 0.3 is 0 Å². The number of benzene rings is 1. The van der Waals surface area contributed by atoms with E-state index in [-0.39, 0.29) is 0 Å². The molecule has 0 aliphatic heterocycles. The molecule has 0 aliphatic carbocycles. The van der Waals surface area contributed by atoms with Crippen LogP contribution in [-0.4, -0.2) is 6.61 Å². The topological polar surface area (TPSA) is 9.23 Å². The molecule has 0 bridgehead atoms. The summed E-state index contributed by atoms with van der Waals surface area (Å²) in [6.07, 6.45) is 3.87. The fraction of sp³-hybridized carbons (Fsp3) is 0.429. The van der Waals surface area contributed by atoms with E-state index in [1.54, 1.807) is 0 Å². The molecule has 1 nitrogen and oxygen atoms in total. The quantitative estimate of drug-likeness (QED) is 0.647. The van der Waals surface area contributed by atoms with Gasteiger partial charge in [0.25, 0.3) is 0 Å². The Bertz CT molecular complexity index is 347. The molecule has 1 rings (SSSR count). The van der Waals surface area contributed by atoms with Crippen molar-refractivity contribution in [3.8, 4) is 5.75 Å². The number of rotatable bonds is 6. The zero-order chi connectivity index (χ0) is 12.0. The molecule has 0 saturated heterocycles. The van der Waals surface area contributed by atoms with Gasteiger partial charge in [0.1, 0.15) is 5.75 Å². The third kappa shape index (κ3) is 3.57. The third-order valence-corrected chi connectivity index (χ3v) is 2.72. The molecule has 0 fully saturated rings. The Morgan fingerprint density at radius 3 is 2.88 bits per heavy atom. The summed E-state index contributed by atoms with van der Waals surface area (Å²) >= 11 is 6.01. The molecule has 1 unspecified atom stereocenters. The molecule has 0 spiro atoms. The maximum Gasteiger partial charge on any atom is 0.122 e. The molecule has 2 heteroatoms. The van der Waals surface area contributed by atoms with Gasteiger partial charge in [-0.3, -0.25) is 0 Å². The Balaban J connectivity index is 2.92. The Hall–Kier alpha value is -0.950. The molecular formula is C14H19ClO. The van der Waals surface area contributed by atoms with Crippen molar-refractivity contribution < 1.29 is 4.74 Å². The van der Waals surface area contributed by atoms with Crippen molar-refractivity contribution in [2.75, 3.05) is 6.61 Å². The second-order valence-electron chi connectivity index (χ2n) is 3.96. The summed E-state index contributed by atoms with van der Waals surface area (Å²) in [7, 11) is 0. The Morgan fingerprint density at radius 1 is 1.50 bits per heavy atom. The van der Waals surface area contributed by atoms with Gasteiger partial charge in [-0.15, -0.1) is 6.58 Å². The number of ether oxygens (including phenoxy) is 1. The van der Waals surface area contributed by atoms with Gasteiger partial charge in [-0.25, -0.2) is 0 Å². The van der Waals surface area contributed by atoms with Crippen LogP contribution in [0.15, 0.2) is 30.9 Å². The molecule has 0 aliphatic rings. The average Bonchev–Trinajstić information content (AvgIpc) is 2.27. The predicted molar refractivity (Wildman–Crippen MR) is 70.5 cm³/mol. The molecule has 0 aromatic heterocycles. The van der Waals surface area contributed by atoms with Crippen molar-refractivity contribution in [1.29, 1.82) is 0 Å². The van der Waals surface area contributed by atoms with Crippen LogP contribution >= 0.6 is 11.6 Å². The van der Waals surface area contributed by atoms with Crippen molar-refractivity contribution in [3.05, 3.63) is 41.4 Å². The fourth-order valence-corrected chi connectivity index (χ4v) is 1.81. The normalized spacial score (nSPS) is 12.2. The first-order chi connectivity index (χ1) is 7.69. The zero-order valence-electron chi connectivity index (χ0n) is 10.0. The predicted octanol–water partition coefficient (Wildman–Crippen LogP) is 4.81. The molecule has 0 amide bonds. The van der Waals surface area contributed by atoms with E-state index in [4.69, 9.17) is 16.3 Å². The van der Waals surface area contributed by atoms with Crippen molar-refractivity contribution in [2.24, 2.45) is 0 Å². The van der Waals surface area contributed by atoms with Crippen molar-refractivity contribution in [2.45, 2.75) is 32.6 Å². The summed E-state index contributed by atoms with van der Waals surface area (Å²) in [6, 6.07) is 5.81. The SMILES string of the molecule is C=CCC(C)c1cc(Cl)ccc1OCCC. The second-order valence-corrected chi connectivity index (χ2v) is 4.39. The molecule has 88 valence electrons. The second kappa shape index (κ2) is 6.59. The van der Waals surface area contributed by atoms with Gasteiger partial charge in [-0.1, -0.05) is 31.5 Å². The lowest BCUT2D eigenvalue weighted by atomic mass is 9.97. The monoisotopic (exact) mass is 238 g/mol. The van der Waals surface area contributed by atoms with E-state index in [0.717, 1.165) is 30.2 Å². The van der Waals surface area contributed by atoms with Crippen molar-refractivity contribution >= 4 is 11.6 Å². The van der Waals surface area contributed by atoms with E-state index in [2.05, 4.69) is 20.4 Å². The Kier molecular flexibility index (Phi) is 5.41. The molecule has 16 heavy (non-hydrogen) atoms. The summed E-state index contributed by atoms with van der Waals surface area (Å²) in [4.78, 5) is 0. The van der Waals surface area contributed by atoms with Crippen molar-refractivity contribution in [1.82, 2.24) is 0 Å². The van der Waals surface area contributed by atoms with Crippen LogP contribution in [0.1, 0.15) is 38.2 Å². The van der Waals surface area contributed by atoms with E-state index in [9.17, 15) is 0 Å². The molecule has 0 heterocycles. The lowest BCUT2D eigenvalue weighted by Crippen LogP contribution is -2.01. The summed E-state index contributed by atoms with van der Waals surface area (Å²) in [5, 5.41) is 0.759. The fourth-order valence-electron chi connectivity index (χ4n) is 1.62. The van der Waals surface area contributed by atoms with Crippen LogP contribution in [0.4, 0.5) is 0 Å². The molecule has 0 saturated carbocycles. The maximum atomic E-state index is 6.01. The highest BCUT2D eigenvalue weighted by molar-refractivity contribution is 6.30. The Morgan fingerprint density at radius 2 is 2.25 bits per heavy atom. The van der Waals surface area contributed by atoms with Crippen LogP contribution in [0.5, 0.6) is 5.75 Å². The average molecular weight is 239 g/mol. The molecule has 1 aromatic rings. The van der Waals surface area contributed by atoms with E-state index >= 15 is 0 Å². The highest BCUT2D eigenvalue weighted by Gasteiger charge is 2.11. The van der Waals surface area contributed by atoms with Crippen molar-refractivity contribution in [3.63, 3.8) is 0 Å². The van der Waals surface area contributed by atoms with Crippen LogP contribution < -0.4 is 4.74 Å². The van der Waals surface area contributed by atoms with Crippen LogP contribution in [-0.2, 0) is 0 Å². The summed E-state index contributed by atoms with van der Waals surface area (Å²) in [6.45, 7) is 8.77. The molecule has 0 radical (unpaired) electrons. The molecule has 0 N–H and O–H groups in total. The van der Waals surface area contributed by atoms with Gasteiger partial charge in [-0.05, 0) is 42.5 Å². The minimum absolute atomic E-state index is 0.392. The number of hydrogen-bond acceptors (Lipinski definition) is 1. The summed E-state index contributed by atoms with van der Waals surface area (Å²) in [5.74, 6) is 1.34. The lowest BCUT2D eigenvalue weighted by Gasteiger charge is -2.16. The van der Waals surface area contributed by atoms with E-state index in [1.807, 2.05) is 24.3 Å². The van der Waals surface area contributed by atoms with E-state index in [1.165, 1.54) is 5.56 Å². The van der Waals surface area contributed by atoms with Crippen LogP contribution in [0.25, 0.3) is 0 Å². The molecular weight excluding hydrogens is 220 g/mol. The third-order valence-electron chi connectivity index (χ3n) is 2.48. The Labute approximate surface area is 103 Å². The largest absolute Gasteiger partial charge is 0.493 e.